The first kappa shape index (κ1) is 13.3. The molecule has 0 aromatic heterocycles. The average molecular weight is 256 g/mol. The molecule has 3 nitrogen and oxygen atoms in total. The molecule has 0 saturated heterocycles. The minimum Gasteiger partial charge on any atom is -0.479 e. The van der Waals surface area contributed by atoms with Crippen LogP contribution in [-0.2, 0) is 22.6 Å². The van der Waals surface area contributed by atoms with E-state index >= 15 is 0 Å². The fourth-order valence-corrected chi connectivity index (χ4v) is 1.82. The zero-order valence-corrected chi connectivity index (χ0v) is 10.5. The summed E-state index contributed by atoms with van der Waals surface area (Å²) in [6.07, 6.45) is -0.439. The monoisotopic (exact) mass is 256 g/mol. The smallest absolute Gasteiger partial charge is 0.333 e. The molecular formula is C16H16O3. The molecule has 98 valence electrons. The van der Waals surface area contributed by atoms with Crippen molar-refractivity contribution >= 4 is 5.97 Å². The van der Waals surface area contributed by atoms with Gasteiger partial charge in [0.2, 0.25) is 0 Å². The Morgan fingerprint density at radius 2 is 1.47 bits per heavy atom. The van der Waals surface area contributed by atoms with E-state index in [2.05, 4.69) is 0 Å². The first-order chi connectivity index (χ1) is 9.25. The molecule has 2 aromatic rings. The van der Waals surface area contributed by atoms with Crippen molar-refractivity contribution in [3.8, 4) is 0 Å². The highest BCUT2D eigenvalue weighted by atomic mass is 16.5. The number of rotatable bonds is 6. The zero-order valence-electron chi connectivity index (χ0n) is 10.5. The highest BCUT2D eigenvalue weighted by Gasteiger charge is 2.18. The molecule has 0 aliphatic heterocycles. The molecule has 0 spiro atoms. The lowest BCUT2D eigenvalue weighted by molar-refractivity contribution is -0.151. The van der Waals surface area contributed by atoms with Gasteiger partial charge < -0.3 is 9.84 Å². The summed E-state index contributed by atoms with van der Waals surface area (Å²) in [6, 6.07) is 19.1. The van der Waals surface area contributed by atoms with E-state index in [-0.39, 0.29) is 0 Å². The number of carbonyl (C=O) groups is 1. The van der Waals surface area contributed by atoms with Gasteiger partial charge >= 0.3 is 5.97 Å². The van der Waals surface area contributed by atoms with Gasteiger partial charge in [0.1, 0.15) is 0 Å². The van der Waals surface area contributed by atoms with Gasteiger partial charge in [-0.25, -0.2) is 4.79 Å². The topological polar surface area (TPSA) is 46.5 Å². The molecule has 0 saturated carbocycles. The third-order valence-electron chi connectivity index (χ3n) is 2.83. The SMILES string of the molecule is O=C(O)[C@H](Cc1ccccc1)OCc1ccccc1. The fourth-order valence-electron chi connectivity index (χ4n) is 1.82. The van der Waals surface area contributed by atoms with E-state index in [0.29, 0.717) is 13.0 Å². The molecule has 1 N–H and O–H groups in total. The number of ether oxygens (including phenoxy) is 1. The van der Waals surface area contributed by atoms with Crippen LogP contribution in [0.1, 0.15) is 11.1 Å². The van der Waals surface area contributed by atoms with Crippen molar-refractivity contribution < 1.29 is 14.6 Å². The number of carboxylic acid groups (broad SMARTS) is 1. The number of hydrogen-bond acceptors (Lipinski definition) is 2. The summed E-state index contributed by atoms with van der Waals surface area (Å²) in [5.74, 6) is -0.931. The summed E-state index contributed by atoms with van der Waals surface area (Å²) >= 11 is 0. The third kappa shape index (κ3) is 4.23. The van der Waals surface area contributed by atoms with Crippen molar-refractivity contribution in [3.63, 3.8) is 0 Å². The zero-order chi connectivity index (χ0) is 13.5. The minimum atomic E-state index is -0.931. The Morgan fingerprint density at radius 3 is 2.00 bits per heavy atom. The van der Waals surface area contributed by atoms with E-state index in [1.165, 1.54) is 0 Å². The van der Waals surface area contributed by atoms with Crippen LogP contribution in [0.15, 0.2) is 60.7 Å². The van der Waals surface area contributed by atoms with E-state index in [9.17, 15) is 9.90 Å². The summed E-state index contributed by atoms with van der Waals surface area (Å²) in [4.78, 5) is 11.2. The van der Waals surface area contributed by atoms with Gasteiger partial charge in [0, 0.05) is 6.42 Å². The van der Waals surface area contributed by atoms with Crippen molar-refractivity contribution in [1.29, 1.82) is 0 Å². The molecule has 0 unspecified atom stereocenters. The second kappa shape index (κ2) is 6.71. The molecule has 0 heterocycles. The Bertz CT molecular complexity index is 508. The molecular weight excluding hydrogens is 240 g/mol. The van der Waals surface area contributed by atoms with Crippen LogP contribution in [0.4, 0.5) is 0 Å². The quantitative estimate of drug-likeness (QED) is 0.864. The summed E-state index contributed by atoms with van der Waals surface area (Å²) in [7, 11) is 0. The maximum absolute atomic E-state index is 11.2. The molecule has 2 rings (SSSR count). The third-order valence-corrected chi connectivity index (χ3v) is 2.83. The summed E-state index contributed by atoms with van der Waals surface area (Å²) in [6.45, 7) is 0.310. The first-order valence-corrected chi connectivity index (χ1v) is 6.18. The van der Waals surface area contributed by atoms with E-state index < -0.39 is 12.1 Å². The van der Waals surface area contributed by atoms with Gasteiger partial charge in [-0.2, -0.15) is 0 Å². The number of benzene rings is 2. The Morgan fingerprint density at radius 1 is 0.947 bits per heavy atom. The lowest BCUT2D eigenvalue weighted by Crippen LogP contribution is -2.26. The lowest BCUT2D eigenvalue weighted by atomic mass is 10.1. The molecule has 0 radical (unpaired) electrons. The molecule has 0 amide bonds. The molecule has 0 bridgehead atoms. The second-order valence-electron chi connectivity index (χ2n) is 4.31. The standard InChI is InChI=1S/C16H16O3/c17-16(18)15(11-13-7-3-1-4-8-13)19-12-14-9-5-2-6-10-14/h1-10,15H,11-12H2,(H,17,18)/t15-/m0/s1. The Labute approximate surface area is 112 Å². The Kier molecular flexibility index (Phi) is 4.70. The van der Waals surface area contributed by atoms with E-state index in [4.69, 9.17) is 4.74 Å². The molecule has 19 heavy (non-hydrogen) atoms. The van der Waals surface area contributed by atoms with E-state index in [1.54, 1.807) is 0 Å². The van der Waals surface area contributed by atoms with Gasteiger partial charge in [-0.15, -0.1) is 0 Å². The van der Waals surface area contributed by atoms with Crippen LogP contribution in [-0.4, -0.2) is 17.2 Å². The highest BCUT2D eigenvalue weighted by Crippen LogP contribution is 2.09. The van der Waals surface area contributed by atoms with Crippen LogP contribution in [0.5, 0.6) is 0 Å². The van der Waals surface area contributed by atoms with Crippen LogP contribution in [0.2, 0.25) is 0 Å². The summed E-state index contributed by atoms with van der Waals surface area (Å²) in [5, 5.41) is 9.19. The van der Waals surface area contributed by atoms with Gasteiger partial charge in [0.05, 0.1) is 6.61 Å². The van der Waals surface area contributed by atoms with Gasteiger partial charge in [0.25, 0.3) is 0 Å². The van der Waals surface area contributed by atoms with Crippen molar-refractivity contribution in [2.75, 3.05) is 0 Å². The predicted molar refractivity (Wildman–Crippen MR) is 72.8 cm³/mol. The van der Waals surface area contributed by atoms with E-state index in [0.717, 1.165) is 11.1 Å². The molecule has 2 aromatic carbocycles. The largest absolute Gasteiger partial charge is 0.479 e. The van der Waals surface area contributed by atoms with Gasteiger partial charge in [-0.1, -0.05) is 60.7 Å². The van der Waals surface area contributed by atoms with Crippen molar-refractivity contribution in [2.24, 2.45) is 0 Å². The van der Waals surface area contributed by atoms with Crippen molar-refractivity contribution in [3.05, 3.63) is 71.8 Å². The van der Waals surface area contributed by atoms with Gasteiger partial charge in [-0.05, 0) is 11.1 Å². The predicted octanol–water partition coefficient (Wildman–Crippen LogP) is 2.90. The molecule has 1 atom stereocenters. The number of hydrogen-bond donors (Lipinski definition) is 1. The molecule has 0 fully saturated rings. The van der Waals surface area contributed by atoms with Crippen molar-refractivity contribution in [1.82, 2.24) is 0 Å². The maximum Gasteiger partial charge on any atom is 0.333 e. The minimum absolute atomic E-state index is 0.310. The number of aliphatic carboxylic acids is 1. The normalized spacial score (nSPS) is 12.0. The average Bonchev–Trinajstić information content (AvgIpc) is 2.45. The number of carboxylic acids is 1. The summed E-state index contributed by atoms with van der Waals surface area (Å²) in [5.41, 5.74) is 1.93. The van der Waals surface area contributed by atoms with Crippen molar-refractivity contribution in [2.45, 2.75) is 19.1 Å². The Balaban J connectivity index is 1.95. The Hall–Kier alpha value is -2.13. The fraction of sp³-hybridized carbons (Fsp3) is 0.188. The molecule has 0 aliphatic rings. The molecule has 3 heteroatoms. The van der Waals surface area contributed by atoms with Gasteiger partial charge in [0.15, 0.2) is 6.10 Å². The summed E-state index contributed by atoms with van der Waals surface area (Å²) < 4.78 is 5.49. The van der Waals surface area contributed by atoms with Crippen LogP contribution < -0.4 is 0 Å². The maximum atomic E-state index is 11.2. The molecule has 0 aliphatic carbocycles. The second-order valence-corrected chi connectivity index (χ2v) is 4.31. The first-order valence-electron chi connectivity index (χ1n) is 6.18. The van der Waals surface area contributed by atoms with E-state index in [1.807, 2.05) is 60.7 Å². The van der Waals surface area contributed by atoms with Gasteiger partial charge in [-0.3, -0.25) is 0 Å². The van der Waals surface area contributed by atoms with Crippen LogP contribution >= 0.6 is 0 Å². The van der Waals surface area contributed by atoms with Crippen LogP contribution in [0, 0.1) is 0 Å². The van der Waals surface area contributed by atoms with Crippen LogP contribution in [0.3, 0.4) is 0 Å². The van der Waals surface area contributed by atoms with Crippen LogP contribution in [0.25, 0.3) is 0 Å². The highest BCUT2D eigenvalue weighted by molar-refractivity contribution is 5.72. The lowest BCUT2D eigenvalue weighted by Gasteiger charge is -2.13.